The second-order valence-electron chi connectivity index (χ2n) is 5.79. The molecular weight excluding hydrogens is 352 g/mol. The average molecular weight is 376 g/mol. The maximum Gasteiger partial charge on any atom is 0.317 e. The Morgan fingerprint density at radius 1 is 1.28 bits per heavy atom. The Hall–Kier alpha value is -2.01. The molecule has 11 heteroatoms. The van der Waals surface area contributed by atoms with Crippen molar-refractivity contribution in [2.75, 3.05) is 19.3 Å². The van der Waals surface area contributed by atoms with Gasteiger partial charge in [-0.25, -0.2) is 4.79 Å². The zero-order chi connectivity index (χ0) is 19.0. The minimum absolute atomic E-state index is 0.0417. The molecule has 2 heterocycles. The normalized spacial score (nSPS) is 26.7. The van der Waals surface area contributed by atoms with E-state index in [2.05, 4.69) is 16.0 Å². The summed E-state index contributed by atoms with van der Waals surface area (Å²) in [5.41, 5.74) is 5.52. The van der Waals surface area contributed by atoms with Crippen LogP contribution in [0, 0.1) is 0 Å². The molecule has 0 bridgehead atoms. The van der Waals surface area contributed by atoms with Gasteiger partial charge < -0.3 is 31.9 Å². The highest BCUT2D eigenvalue weighted by atomic mass is 32.2. The molecule has 7 N–H and O–H groups in total. The van der Waals surface area contributed by atoms with Crippen LogP contribution < -0.4 is 21.7 Å². The zero-order valence-corrected chi connectivity index (χ0v) is 14.7. The van der Waals surface area contributed by atoms with Gasteiger partial charge in [-0.15, -0.1) is 11.8 Å². The summed E-state index contributed by atoms with van der Waals surface area (Å²) in [4.78, 5) is 43.1. The summed E-state index contributed by atoms with van der Waals surface area (Å²) in [6.07, 6.45) is 1.67. The van der Waals surface area contributed by atoms with E-state index in [0.29, 0.717) is 25.0 Å². The molecule has 2 aliphatic rings. The lowest BCUT2D eigenvalue weighted by atomic mass is 9.89. The lowest BCUT2D eigenvalue weighted by molar-refractivity contribution is -0.137. The summed E-state index contributed by atoms with van der Waals surface area (Å²) < 4.78 is -0.817. The fourth-order valence-electron chi connectivity index (χ4n) is 2.83. The second kappa shape index (κ2) is 9.47. The molecule has 142 valence electrons. The quantitative estimate of drug-likeness (QED) is 0.230. The van der Waals surface area contributed by atoms with Crippen molar-refractivity contribution in [3.8, 4) is 0 Å². The molecule has 0 unspecified atom stereocenters. The molecule has 3 atom stereocenters. The third kappa shape index (κ3) is 5.78. The number of carbonyl (C=O) groups excluding carboxylic acids is 2. The van der Waals surface area contributed by atoms with Gasteiger partial charge >= 0.3 is 18.0 Å². The molecule has 10 nitrogen and oxygen atoms in total. The Balaban J connectivity index is 0.000000450. The summed E-state index contributed by atoms with van der Waals surface area (Å²) in [7, 11) is 1.59. The van der Waals surface area contributed by atoms with Crippen LogP contribution in [0.5, 0.6) is 0 Å². The van der Waals surface area contributed by atoms with Crippen LogP contribution in [0.2, 0.25) is 0 Å². The Morgan fingerprint density at radius 3 is 2.44 bits per heavy atom. The van der Waals surface area contributed by atoms with E-state index >= 15 is 0 Å². The van der Waals surface area contributed by atoms with Crippen molar-refractivity contribution >= 4 is 35.6 Å². The van der Waals surface area contributed by atoms with Crippen molar-refractivity contribution < 1.29 is 29.4 Å². The number of hydrogen-bond donors (Lipinski definition) is 6. The van der Waals surface area contributed by atoms with Gasteiger partial charge in [-0.05, 0) is 19.9 Å². The van der Waals surface area contributed by atoms with E-state index in [1.807, 2.05) is 0 Å². The number of unbranched alkanes of at least 4 members (excludes halogenated alkanes) is 1. The number of aliphatic carboxylic acids is 2. The van der Waals surface area contributed by atoms with Gasteiger partial charge in [-0.2, -0.15) is 0 Å². The van der Waals surface area contributed by atoms with Crippen molar-refractivity contribution in [1.29, 1.82) is 0 Å². The number of carbonyl (C=O) groups is 4. The predicted octanol–water partition coefficient (Wildman–Crippen LogP) is -1.06. The number of fused-ring (bicyclic) bond motifs is 1. The van der Waals surface area contributed by atoms with Crippen molar-refractivity contribution in [2.24, 2.45) is 5.73 Å². The average Bonchev–Trinajstić information content (AvgIpc) is 3.02. The van der Waals surface area contributed by atoms with Crippen LogP contribution in [0.3, 0.4) is 0 Å². The minimum Gasteiger partial charge on any atom is -0.481 e. The van der Waals surface area contributed by atoms with Crippen molar-refractivity contribution in [3.63, 3.8) is 0 Å². The number of nitrogens with two attached hydrogens (primary N) is 1. The van der Waals surface area contributed by atoms with Crippen LogP contribution in [-0.2, 0) is 14.4 Å². The van der Waals surface area contributed by atoms with Gasteiger partial charge in [-0.1, -0.05) is 6.42 Å². The summed E-state index contributed by atoms with van der Waals surface area (Å²) in [6.45, 7) is 0.0417. The topological polar surface area (TPSA) is 171 Å². The number of hydrogen-bond acceptors (Lipinski definition) is 6. The molecule has 0 saturated carbocycles. The van der Waals surface area contributed by atoms with E-state index in [1.165, 1.54) is 11.8 Å². The lowest BCUT2D eigenvalue weighted by Crippen LogP contribution is -2.54. The number of nitrogens with one attached hydrogen (secondary N) is 3. The van der Waals surface area contributed by atoms with Gasteiger partial charge in [0.15, 0.2) is 0 Å². The highest BCUT2D eigenvalue weighted by Gasteiger charge is 2.56. The van der Waals surface area contributed by atoms with E-state index in [4.69, 9.17) is 15.9 Å². The Kier molecular flexibility index (Phi) is 7.97. The highest BCUT2D eigenvalue weighted by Crippen LogP contribution is 2.43. The second-order valence-corrected chi connectivity index (χ2v) is 7.14. The number of amides is 3. The first kappa shape index (κ1) is 21.0. The molecule has 2 rings (SSSR count). The SMILES string of the molecule is CNCC(=O)O.NC(=O)[C@@]1(CCCCC(=O)O)SC[C@@H]2NC(=O)N[C@@H]21. The summed E-state index contributed by atoms with van der Waals surface area (Å²) >= 11 is 1.45. The summed E-state index contributed by atoms with van der Waals surface area (Å²) in [6, 6.07) is -0.650. The maximum atomic E-state index is 11.8. The van der Waals surface area contributed by atoms with Crippen molar-refractivity contribution in [2.45, 2.75) is 42.5 Å². The Morgan fingerprint density at radius 2 is 1.96 bits per heavy atom. The van der Waals surface area contributed by atoms with Crippen LogP contribution in [0.15, 0.2) is 0 Å². The number of likely N-dealkylation sites (N-methyl/N-ethyl adjacent to an activating group) is 1. The first-order valence-electron chi connectivity index (χ1n) is 7.82. The molecule has 0 aromatic rings. The molecule has 25 heavy (non-hydrogen) atoms. The Labute approximate surface area is 149 Å². The lowest BCUT2D eigenvalue weighted by Gasteiger charge is -2.30. The molecule has 0 spiro atoms. The smallest absolute Gasteiger partial charge is 0.317 e. The monoisotopic (exact) mass is 376 g/mol. The largest absolute Gasteiger partial charge is 0.481 e. The molecule has 0 aromatic carbocycles. The first-order chi connectivity index (χ1) is 11.7. The van der Waals surface area contributed by atoms with Crippen LogP contribution in [0.4, 0.5) is 4.79 Å². The maximum absolute atomic E-state index is 11.8. The number of thioether (sulfide) groups is 1. The molecule has 0 aliphatic carbocycles. The third-order valence-corrected chi connectivity index (χ3v) is 5.66. The third-order valence-electron chi connectivity index (χ3n) is 3.96. The van der Waals surface area contributed by atoms with Gasteiger partial charge in [0.2, 0.25) is 5.91 Å². The molecule has 2 saturated heterocycles. The molecule has 0 aromatic heterocycles. The minimum atomic E-state index is -0.846. The number of carboxylic acids is 2. The van der Waals surface area contributed by atoms with Gasteiger partial charge in [0, 0.05) is 12.2 Å². The Bertz CT molecular complexity index is 531. The van der Waals surface area contributed by atoms with Crippen molar-refractivity contribution in [3.05, 3.63) is 0 Å². The molecule has 0 radical (unpaired) electrons. The van der Waals surface area contributed by atoms with Crippen LogP contribution in [0.25, 0.3) is 0 Å². The van der Waals surface area contributed by atoms with E-state index in [0.717, 1.165) is 0 Å². The van der Waals surface area contributed by atoms with E-state index < -0.39 is 22.6 Å². The predicted molar refractivity (Wildman–Crippen MR) is 91.3 cm³/mol. The van der Waals surface area contributed by atoms with Crippen LogP contribution in [0.1, 0.15) is 25.7 Å². The highest BCUT2D eigenvalue weighted by molar-refractivity contribution is 8.01. The van der Waals surface area contributed by atoms with Gasteiger partial charge in [0.25, 0.3) is 0 Å². The summed E-state index contributed by atoms with van der Waals surface area (Å²) in [5, 5.41) is 24.4. The first-order valence-corrected chi connectivity index (χ1v) is 8.80. The number of primary amides is 1. The molecule has 2 aliphatic heterocycles. The van der Waals surface area contributed by atoms with E-state index in [9.17, 15) is 19.2 Å². The van der Waals surface area contributed by atoms with Gasteiger partial charge in [-0.3, -0.25) is 14.4 Å². The van der Waals surface area contributed by atoms with Gasteiger partial charge in [0.05, 0.1) is 18.6 Å². The number of urea groups is 1. The summed E-state index contributed by atoms with van der Waals surface area (Å²) in [5.74, 6) is -1.46. The van der Waals surface area contributed by atoms with Crippen molar-refractivity contribution in [1.82, 2.24) is 16.0 Å². The van der Waals surface area contributed by atoms with Gasteiger partial charge in [0.1, 0.15) is 4.75 Å². The molecule has 3 amide bonds. The fourth-order valence-corrected chi connectivity index (χ4v) is 4.42. The molecular formula is C14H24N4O6S. The van der Waals surface area contributed by atoms with Crippen LogP contribution >= 0.6 is 11.8 Å². The zero-order valence-electron chi connectivity index (χ0n) is 13.9. The number of carboxylic acid groups (broad SMARTS) is 2. The standard InChI is InChI=1S/C11H17N3O4S.C3H7NO2/c12-9(17)11(4-2-1-3-7(15)16)8-6(5-19-11)13-10(18)14-8;1-4-2-3(5)6/h6,8H,1-5H2,(H2,12,17)(H,15,16)(H2,13,14,18);4H,2H2,1H3,(H,5,6)/t6-,8-,11-;/m0./s1. The number of rotatable bonds is 8. The molecule has 2 fully saturated rings. The van der Waals surface area contributed by atoms with E-state index in [-0.39, 0.29) is 31.1 Å². The van der Waals surface area contributed by atoms with Crippen LogP contribution in [-0.4, -0.2) is 70.3 Å². The fraction of sp³-hybridized carbons (Fsp3) is 0.714. The van der Waals surface area contributed by atoms with E-state index in [1.54, 1.807) is 7.05 Å².